The molecule has 0 atom stereocenters. The summed E-state index contributed by atoms with van der Waals surface area (Å²) in [5, 5.41) is 1.02. The first-order valence-electron chi connectivity index (χ1n) is 6.65. The third kappa shape index (κ3) is 4.66. The predicted molar refractivity (Wildman–Crippen MR) is 84.6 cm³/mol. The number of Topliss-reactive ketones (excluding diaryl/α,β-unsaturated/α-hetero) is 1. The zero-order valence-corrected chi connectivity index (χ0v) is 12.6. The van der Waals surface area contributed by atoms with Crippen LogP contribution in [0.25, 0.3) is 0 Å². The molecule has 20 heavy (non-hydrogen) atoms. The lowest BCUT2D eigenvalue weighted by Gasteiger charge is -2.04. The summed E-state index contributed by atoms with van der Waals surface area (Å²) in [6.07, 6.45) is 2.83. The van der Waals surface area contributed by atoms with Gasteiger partial charge < -0.3 is 0 Å². The second-order valence-electron chi connectivity index (χ2n) is 4.80. The Morgan fingerprint density at radius 2 is 1.65 bits per heavy atom. The van der Waals surface area contributed by atoms with E-state index in [1.165, 1.54) is 5.56 Å². The van der Waals surface area contributed by atoms with Gasteiger partial charge in [-0.25, -0.2) is 0 Å². The summed E-state index contributed by atoms with van der Waals surface area (Å²) in [6.45, 7) is 0. The second-order valence-corrected chi connectivity index (χ2v) is 5.62. The van der Waals surface area contributed by atoms with E-state index in [1.807, 2.05) is 24.3 Å². The van der Waals surface area contributed by atoms with Crippen molar-refractivity contribution in [2.45, 2.75) is 25.7 Å². The predicted octanol–water partition coefficient (Wildman–Crippen LogP) is 5.13. The summed E-state index contributed by atoms with van der Waals surface area (Å²) < 4.78 is 0. The van der Waals surface area contributed by atoms with Gasteiger partial charge in [-0.2, -0.15) is 0 Å². The quantitative estimate of drug-likeness (QED) is 0.723. The van der Waals surface area contributed by atoms with E-state index >= 15 is 0 Å². The van der Waals surface area contributed by atoms with Crippen LogP contribution in [0.15, 0.2) is 48.5 Å². The van der Waals surface area contributed by atoms with Gasteiger partial charge in [0.05, 0.1) is 10.0 Å². The summed E-state index contributed by atoms with van der Waals surface area (Å²) in [5.74, 6) is 0.235. The maximum atomic E-state index is 11.9. The average molecular weight is 307 g/mol. The van der Waals surface area contributed by atoms with Crippen LogP contribution in [0.3, 0.4) is 0 Å². The molecule has 0 spiro atoms. The van der Waals surface area contributed by atoms with Crippen molar-refractivity contribution in [2.24, 2.45) is 0 Å². The summed E-state index contributed by atoms with van der Waals surface area (Å²) in [4.78, 5) is 11.9. The van der Waals surface area contributed by atoms with E-state index < -0.39 is 0 Å². The highest BCUT2D eigenvalue weighted by Crippen LogP contribution is 2.23. The van der Waals surface area contributed by atoms with Crippen molar-refractivity contribution in [1.29, 1.82) is 0 Å². The van der Waals surface area contributed by atoms with Crippen LogP contribution in [0.5, 0.6) is 0 Å². The van der Waals surface area contributed by atoms with Crippen LogP contribution in [0.4, 0.5) is 0 Å². The molecule has 0 aromatic heterocycles. The molecule has 0 bridgehead atoms. The van der Waals surface area contributed by atoms with E-state index in [-0.39, 0.29) is 5.78 Å². The van der Waals surface area contributed by atoms with Gasteiger partial charge in [0, 0.05) is 12.8 Å². The van der Waals surface area contributed by atoms with Crippen molar-refractivity contribution in [2.75, 3.05) is 0 Å². The molecule has 0 aliphatic rings. The Morgan fingerprint density at radius 3 is 2.35 bits per heavy atom. The van der Waals surface area contributed by atoms with Gasteiger partial charge in [0.1, 0.15) is 5.78 Å². The Bertz CT molecular complexity index is 579. The molecule has 104 valence electrons. The molecule has 2 aromatic carbocycles. The number of hydrogen-bond donors (Lipinski definition) is 0. The molecule has 3 heteroatoms. The highest BCUT2D eigenvalue weighted by molar-refractivity contribution is 6.42. The third-order valence-corrected chi connectivity index (χ3v) is 3.89. The van der Waals surface area contributed by atoms with Gasteiger partial charge in [-0.05, 0) is 36.1 Å². The fourth-order valence-corrected chi connectivity index (χ4v) is 2.42. The summed E-state index contributed by atoms with van der Waals surface area (Å²) in [5.41, 5.74) is 2.19. The lowest BCUT2D eigenvalue weighted by Crippen LogP contribution is -2.03. The Labute approximate surface area is 129 Å². The maximum absolute atomic E-state index is 11.9. The minimum atomic E-state index is 0.235. The van der Waals surface area contributed by atoms with Crippen LogP contribution in [-0.4, -0.2) is 5.78 Å². The van der Waals surface area contributed by atoms with Gasteiger partial charge in [-0.3, -0.25) is 4.79 Å². The lowest BCUT2D eigenvalue weighted by atomic mass is 10.0. The van der Waals surface area contributed by atoms with Crippen molar-refractivity contribution in [3.05, 3.63) is 69.7 Å². The number of aryl methyl sites for hydroxylation is 1. The van der Waals surface area contributed by atoms with Crippen LogP contribution >= 0.6 is 23.2 Å². The number of ketones is 1. The standard InChI is InChI=1S/C17H16Cl2O/c18-16-10-9-14(12-17(16)19)11-15(20)8-4-7-13-5-2-1-3-6-13/h1-3,5-6,9-10,12H,4,7-8,11H2. The van der Waals surface area contributed by atoms with Crippen LogP contribution in [0.2, 0.25) is 10.0 Å². The Kier molecular flexibility index (Phi) is 5.63. The molecule has 0 N–H and O–H groups in total. The molecule has 0 saturated carbocycles. The number of carbonyl (C=O) groups is 1. The number of carbonyl (C=O) groups excluding carboxylic acids is 1. The van der Waals surface area contributed by atoms with E-state index in [2.05, 4.69) is 12.1 Å². The number of hydrogen-bond acceptors (Lipinski definition) is 1. The summed E-state index contributed by atoms with van der Waals surface area (Å²) in [7, 11) is 0. The SMILES string of the molecule is O=C(CCCc1ccccc1)Cc1ccc(Cl)c(Cl)c1. The van der Waals surface area contributed by atoms with Crippen LogP contribution in [0, 0.1) is 0 Å². The smallest absolute Gasteiger partial charge is 0.137 e. The van der Waals surface area contributed by atoms with E-state index in [1.54, 1.807) is 12.1 Å². The molecular formula is C17H16Cl2O. The molecule has 0 fully saturated rings. The fourth-order valence-electron chi connectivity index (χ4n) is 2.10. The Morgan fingerprint density at radius 1 is 0.900 bits per heavy atom. The average Bonchev–Trinajstić information content (AvgIpc) is 2.44. The van der Waals surface area contributed by atoms with E-state index in [0.29, 0.717) is 22.9 Å². The minimum Gasteiger partial charge on any atom is -0.299 e. The largest absolute Gasteiger partial charge is 0.299 e. The molecule has 0 aliphatic heterocycles. The van der Waals surface area contributed by atoms with E-state index in [0.717, 1.165) is 18.4 Å². The van der Waals surface area contributed by atoms with Crippen molar-refractivity contribution in [1.82, 2.24) is 0 Å². The number of benzene rings is 2. The van der Waals surface area contributed by atoms with Gasteiger partial charge in [-0.1, -0.05) is 59.6 Å². The van der Waals surface area contributed by atoms with Crippen molar-refractivity contribution >= 4 is 29.0 Å². The zero-order valence-electron chi connectivity index (χ0n) is 11.1. The van der Waals surface area contributed by atoms with Crippen LogP contribution < -0.4 is 0 Å². The van der Waals surface area contributed by atoms with Gasteiger partial charge in [0.25, 0.3) is 0 Å². The summed E-state index contributed by atoms with van der Waals surface area (Å²) in [6, 6.07) is 15.6. The first-order valence-corrected chi connectivity index (χ1v) is 7.40. The fraction of sp³-hybridized carbons (Fsp3) is 0.235. The van der Waals surface area contributed by atoms with Gasteiger partial charge in [-0.15, -0.1) is 0 Å². The maximum Gasteiger partial charge on any atom is 0.137 e. The molecule has 0 amide bonds. The molecule has 1 nitrogen and oxygen atoms in total. The summed E-state index contributed by atoms with van der Waals surface area (Å²) >= 11 is 11.8. The molecule has 2 aromatic rings. The molecule has 0 unspecified atom stereocenters. The second kappa shape index (κ2) is 7.47. The Hall–Kier alpha value is -1.31. The van der Waals surface area contributed by atoms with E-state index in [9.17, 15) is 4.79 Å². The molecule has 0 aliphatic carbocycles. The normalized spacial score (nSPS) is 10.5. The monoisotopic (exact) mass is 306 g/mol. The molecule has 0 heterocycles. The van der Waals surface area contributed by atoms with Crippen LogP contribution in [-0.2, 0) is 17.6 Å². The Balaban J connectivity index is 1.79. The number of rotatable bonds is 6. The van der Waals surface area contributed by atoms with Crippen molar-refractivity contribution in [3.8, 4) is 0 Å². The van der Waals surface area contributed by atoms with E-state index in [4.69, 9.17) is 23.2 Å². The third-order valence-electron chi connectivity index (χ3n) is 3.15. The van der Waals surface area contributed by atoms with Crippen molar-refractivity contribution in [3.63, 3.8) is 0 Å². The highest BCUT2D eigenvalue weighted by atomic mass is 35.5. The van der Waals surface area contributed by atoms with Crippen LogP contribution in [0.1, 0.15) is 24.0 Å². The van der Waals surface area contributed by atoms with Gasteiger partial charge in [0.2, 0.25) is 0 Å². The first-order chi connectivity index (χ1) is 9.65. The molecular weight excluding hydrogens is 291 g/mol. The highest BCUT2D eigenvalue weighted by Gasteiger charge is 2.06. The first kappa shape index (κ1) is 15.1. The number of halogens is 2. The van der Waals surface area contributed by atoms with Gasteiger partial charge in [0.15, 0.2) is 0 Å². The van der Waals surface area contributed by atoms with Gasteiger partial charge >= 0.3 is 0 Å². The minimum absolute atomic E-state index is 0.235. The molecule has 0 saturated heterocycles. The molecule has 2 rings (SSSR count). The zero-order chi connectivity index (χ0) is 14.4. The van der Waals surface area contributed by atoms with Crippen molar-refractivity contribution < 1.29 is 4.79 Å². The topological polar surface area (TPSA) is 17.1 Å². The molecule has 0 radical (unpaired) electrons. The lowest BCUT2D eigenvalue weighted by molar-refractivity contribution is -0.118.